The van der Waals surface area contributed by atoms with Gasteiger partial charge in [0.25, 0.3) is 0 Å². The van der Waals surface area contributed by atoms with Crippen LogP contribution in [0.25, 0.3) is 0 Å². The maximum absolute atomic E-state index is 11.9. The highest BCUT2D eigenvalue weighted by molar-refractivity contribution is 5.69. The van der Waals surface area contributed by atoms with Crippen molar-refractivity contribution in [1.82, 2.24) is 5.32 Å². The van der Waals surface area contributed by atoms with E-state index < -0.39 is 17.2 Å². The molecule has 0 aliphatic heterocycles. The fourth-order valence-corrected chi connectivity index (χ4v) is 2.60. The molecular weight excluding hydrogens is 280 g/mol. The molecule has 1 amide bonds. The molecule has 0 atom stereocenters. The fourth-order valence-electron chi connectivity index (χ4n) is 2.60. The van der Waals surface area contributed by atoms with Crippen LogP contribution in [0.4, 0.5) is 4.79 Å². The van der Waals surface area contributed by atoms with E-state index in [1.807, 2.05) is 20.8 Å². The third kappa shape index (κ3) is 6.65. The second-order valence-corrected chi connectivity index (χ2v) is 7.19. The van der Waals surface area contributed by atoms with E-state index in [1.54, 1.807) is 0 Å². The molecule has 1 aliphatic carbocycles. The lowest BCUT2D eigenvalue weighted by molar-refractivity contribution is 0.0411. The van der Waals surface area contributed by atoms with E-state index in [9.17, 15) is 10.1 Å². The van der Waals surface area contributed by atoms with Gasteiger partial charge < -0.3 is 14.8 Å². The second kappa shape index (κ2) is 8.38. The van der Waals surface area contributed by atoms with Crippen LogP contribution in [0.1, 0.15) is 66.2 Å². The molecule has 22 heavy (non-hydrogen) atoms. The van der Waals surface area contributed by atoms with Crippen LogP contribution >= 0.6 is 0 Å². The minimum absolute atomic E-state index is 0.485. The van der Waals surface area contributed by atoms with Crippen molar-refractivity contribution in [3.05, 3.63) is 0 Å². The van der Waals surface area contributed by atoms with Crippen molar-refractivity contribution in [2.75, 3.05) is 13.2 Å². The maximum atomic E-state index is 11.9. The topological polar surface area (TPSA) is 71.3 Å². The Labute approximate surface area is 134 Å². The summed E-state index contributed by atoms with van der Waals surface area (Å²) in [6, 6.07) is 2.28. The molecule has 0 unspecified atom stereocenters. The normalized spacial score (nSPS) is 25.3. The highest BCUT2D eigenvalue weighted by Gasteiger charge is 2.38. The number of carbonyl (C=O) groups is 1. The number of rotatable bonds is 6. The quantitative estimate of drug-likeness (QED) is 0.758. The molecular formula is C17H30N2O3. The lowest BCUT2D eigenvalue weighted by Gasteiger charge is -2.35. The molecule has 1 N–H and O–H groups in total. The standard InChI is InChI=1S/C17H30N2O3/c1-5-6-11-21-12-14-7-9-17(13-18,10-8-14)19-15(20)22-16(2,3)4/h14H,5-12H2,1-4H3,(H,19,20). The van der Waals surface area contributed by atoms with Crippen LogP contribution in [0.3, 0.4) is 0 Å². The molecule has 0 heterocycles. The van der Waals surface area contributed by atoms with E-state index in [4.69, 9.17) is 9.47 Å². The third-order valence-corrected chi connectivity index (χ3v) is 3.91. The monoisotopic (exact) mass is 310 g/mol. The van der Waals surface area contributed by atoms with Crippen LogP contribution in [-0.4, -0.2) is 30.4 Å². The zero-order valence-electron chi connectivity index (χ0n) is 14.4. The van der Waals surface area contributed by atoms with Gasteiger partial charge in [-0.1, -0.05) is 13.3 Å². The largest absolute Gasteiger partial charge is 0.444 e. The number of nitriles is 1. The first-order chi connectivity index (χ1) is 10.3. The van der Waals surface area contributed by atoms with Gasteiger partial charge in [0.05, 0.1) is 6.07 Å². The van der Waals surface area contributed by atoms with Crippen molar-refractivity contribution in [1.29, 1.82) is 5.26 Å². The summed E-state index contributed by atoms with van der Waals surface area (Å²) in [5.41, 5.74) is -1.34. The van der Waals surface area contributed by atoms with Gasteiger partial charge in [0.15, 0.2) is 0 Å². The molecule has 0 aromatic rings. The van der Waals surface area contributed by atoms with E-state index in [1.165, 1.54) is 0 Å². The Kier molecular flexibility index (Phi) is 7.15. The van der Waals surface area contributed by atoms with Gasteiger partial charge in [-0.3, -0.25) is 0 Å². The molecule has 5 heteroatoms. The molecule has 5 nitrogen and oxygen atoms in total. The molecule has 0 radical (unpaired) electrons. The molecule has 1 aliphatic rings. The second-order valence-electron chi connectivity index (χ2n) is 7.19. The van der Waals surface area contributed by atoms with Gasteiger partial charge in [-0.15, -0.1) is 0 Å². The molecule has 1 saturated carbocycles. The van der Waals surface area contributed by atoms with Gasteiger partial charge in [0, 0.05) is 13.2 Å². The number of ether oxygens (including phenoxy) is 2. The minimum Gasteiger partial charge on any atom is -0.444 e. The smallest absolute Gasteiger partial charge is 0.408 e. The Balaban J connectivity index is 2.41. The van der Waals surface area contributed by atoms with E-state index in [2.05, 4.69) is 18.3 Å². The number of nitrogens with zero attached hydrogens (tertiary/aromatic N) is 1. The summed E-state index contributed by atoms with van der Waals surface area (Å²) < 4.78 is 10.9. The average molecular weight is 310 g/mol. The van der Waals surface area contributed by atoms with Crippen molar-refractivity contribution in [2.45, 2.75) is 77.4 Å². The summed E-state index contributed by atoms with van der Waals surface area (Å²) in [4.78, 5) is 11.9. The first-order valence-electron chi connectivity index (χ1n) is 8.30. The highest BCUT2D eigenvalue weighted by atomic mass is 16.6. The van der Waals surface area contributed by atoms with Crippen molar-refractivity contribution in [3.8, 4) is 6.07 Å². The van der Waals surface area contributed by atoms with Crippen molar-refractivity contribution in [3.63, 3.8) is 0 Å². The molecule has 0 saturated heterocycles. The van der Waals surface area contributed by atoms with Crippen LogP contribution < -0.4 is 5.32 Å². The molecule has 1 fully saturated rings. The summed E-state index contributed by atoms with van der Waals surface area (Å²) in [5.74, 6) is 0.485. The van der Waals surface area contributed by atoms with Crippen molar-refractivity contribution in [2.24, 2.45) is 5.92 Å². The first-order valence-corrected chi connectivity index (χ1v) is 8.30. The summed E-state index contributed by atoms with van der Waals surface area (Å²) >= 11 is 0. The highest BCUT2D eigenvalue weighted by Crippen LogP contribution is 2.32. The lowest BCUT2D eigenvalue weighted by Crippen LogP contribution is -2.51. The third-order valence-electron chi connectivity index (χ3n) is 3.91. The van der Waals surface area contributed by atoms with E-state index >= 15 is 0 Å². The Morgan fingerprint density at radius 3 is 2.50 bits per heavy atom. The average Bonchev–Trinajstić information content (AvgIpc) is 2.43. The predicted molar refractivity (Wildman–Crippen MR) is 85.4 cm³/mol. The maximum Gasteiger partial charge on any atom is 0.408 e. The Hall–Kier alpha value is -1.28. The SMILES string of the molecule is CCCCOCC1CCC(C#N)(NC(=O)OC(C)(C)C)CC1. The molecule has 126 valence electrons. The van der Waals surface area contributed by atoms with Gasteiger partial charge >= 0.3 is 6.09 Å². The molecule has 1 rings (SSSR count). The van der Waals surface area contributed by atoms with Crippen molar-refractivity contribution >= 4 is 6.09 Å². The van der Waals surface area contributed by atoms with E-state index in [-0.39, 0.29) is 0 Å². The minimum atomic E-state index is -0.789. The predicted octanol–water partition coefficient (Wildman–Crippen LogP) is 3.78. The van der Waals surface area contributed by atoms with Crippen LogP contribution in [0.2, 0.25) is 0 Å². The van der Waals surface area contributed by atoms with Gasteiger partial charge in [0.1, 0.15) is 11.1 Å². The van der Waals surface area contributed by atoms with Gasteiger partial charge in [-0.2, -0.15) is 5.26 Å². The van der Waals surface area contributed by atoms with Crippen LogP contribution in [0.5, 0.6) is 0 Å². The van der Waals surface area contributed by atoms with Gasteiger partial charge in [-0.05, 0) is 58.8 Å². The number of amides is 1. The molecule has 0 aromatic heterocycles. The van der Waals surface area contributed by atoms with Crippen LogP contribution in [0, 0.1) is 17.2 Å². The Morgan fingerprint density at radius 1 is 1.36 bits per heavy atom. The number of hydrogen-bond donors (Lipinski definition) is 1. The number of hydrogen-bond acceptors (Lipinski definition) is 4. The zero-order chi connectivity index (χ0) is 16.6. The first kappa shape index (κ1) is 18.8. The van der Waals surface area contributed by atoms with E-state index in [0.29, 0.717) is 18.8 Å². The summed E-state index contributed by atoms with van der Waals surface area (Å²) in [7, 11) is 0. The number of alkyl carbamates (subject to hydrolysis) is 1. The van der Waals surface area contributed by atoms with Crippen LogP contribution in [-0.2, 0) is 9.47 Å². The number of unbranched alkanes of at least 4 members (excludes halogenated alkanes) is 1. The lowest BCUT2D eigenvalue weighted by atomic mass is 9.77. The zero-order valence-corrected chi connectivity index (χ0v) is 14.4. The Bertz CT molecular complexity index is 388. The fraction of sp³-hybridized carbons (Fsp3) is 0.882. The van der Waals surface area contributed by atoms with Gasteiger partial charge in [0.2, 0.25) is 0 Å². The summed E-state index contributed by atoms with van der Waals surface area (Å²) in [6.07, 6.45) is 4.84. The number of nitrogens with one attached hydrogen (secondary N) is 1. The summed E-state index contributed by atoms with van der Waals surface area (Å²) in [5, 5.41) is 12.2. The molecule has 0 bridgehead atoms. The van der Waals surface area contributed by atoms with Gasteiger partial charge in [-0.25, -0.2) is 4.79 Å². The van der Waals surface area contributed by atoms with Crippen LogP contribution in [0.15, 0.2) is 0 Å². The number of carbonyl (C=O) groups excluding carboxylic acids is 1. The van der Waals surface area contributed by atoms with E-state index in [0.717, 1.165) is 38.9 Å². The molecule has 0 spiro atoms. The summed E-state index contributed by atoms with van der Waals surface area (Å²) in [6.45, 7) is 9.16. The molecule has 0 aromatic carbocycles. The van der Waals surface area contributed by atoms with Crippen molar-refractivity contribution < 1.29 is 14.3 Å². The Morgan fingerprint density at radius 2 is 2.00 bits per heavy atom.